The second-order valence-corrected chi connectivity index (χ2v) is 11.0. The molecule has 0 radical (unpaired) electrons. The Bertz CT molecular complexity index is 1130. The Kier molecular flexibility index (Phi) is 7.34. The largest absolute Gasteiger partial charge is 0.467 e. The topological polar surface area (TPSA) is 80.4 Å². The van der Waals surface area contributed by atoms with Gasteiger partial charge >= 0.3 is 0 Å². The maximum absolute atomic E-state index is 13.2. The molecule has 7 nitrogen and oxygen atoms in total. The van der Waals surface area contributed by atoms with Gasteiger partial charge in [0.1, 0.15) is 18.1 Å². The smallest absolute Gasteiger partial charge is 0.245 e. The number of furan rings is 1. The van der Waals surface area contributed by atoms with Crippen LogP contribution in [-0.2, 0) is 21.5 Å². The van der Waals surface area contributed by atoms with Gasteiger partial charge in [-0.25, -0.2) is 4.68 Å². The van der Waals surface area contributed by atoms with Crippen molar-refractivity contribution >= 4 is 17.6 Å². The van der Waals surface area contributed by atoms with Gasteiger partial charge in [0.05, 0.1) is 24.2 Å². The molecule has 0 saturated heterocycles. The third-order valence-electron chi connectivity index (χ3n) is 5.38. The highest BCUT2D eigenvalue weighted by Crippen LogP contribution is 2.27. The first-order chi connectivity index (χ1) is 15.8. The lowest BCUT2D eigenvalue weighted by atomic mass is 9.91. The van der Waals surface area contributed by atoms with Gasteiger partial charge in [-0.3, -0.25) is 9.59 Å². The molecule has 2 aromatic heterocycles. The van der Waals surface area contributed by atoms with E-state index in [-0.39, 0.29) is 35.7 Å². The van der Waals surface area contributed by atoms with Crippen LogP contribution >= 0.6 is 0 Å². The summed E-state index contributed by atoms with van der Waals surface area (Å²) in [5.74, 6) is 0.825. The van der Waals surface area contributed by atoms with Gasteiger partial charge in [-0.2, -0.15) is 5.10 Å². The van der Waals surface area contributed by atoms with Crippen LogP contribution < -0.4 is 5.32 Å². The molecule has 7 heteroatoms. The normalized spacial score (nSPS) is 12.0. The summed E-state index contributed by atoms with van der Waals surface area (Å²) in [4.78, 5) is 27.7. The summed E-state index contributed by atoms with van der Waals surface area (Å²) in [6, 6.07) is 13.4. The standard InChI is InChI=1S/C27H36N4O3/c1-19-11-8-9-13-21(19)31-23(15-22(29-31)27(5,6)7)28-24(32)18-30(17-20-12-10-14-34-20)25(33)16-26(2,3)4/h8-15H,16-18H2,1-7H3,(H,28,32). The molecule has 0 bridgehead atoms. The van der Waals surface area contributed by atoms with E-state index >= 15 is 0 Å². The second-order valence-electron chi connectivity index (χ2n) is 11.0. The Morgan fingerprint density at radius 3 is 2.35 bits per heavy atom. The molecule has 34 heavy (non-hydrogen) atoms. The van der Waals surface area contributed by atoms with E-state index in [2.05, 4.69) is 26.1 Å². The summed E-state index contributed by atoms with van der Waals surface area (Å²) in [5, 5.41) is 7.79. The maximum Gasteiger partial charge on any atom is 0.245 e. The van der Waals surface area contributed by atoms with Crippen LogP contribution in [0.5, 0.6) is 0 Å². The number of hydrogen-bond donors (Lipinski definition) is 1. The number of nitrogens with zero attached hydrogens (tertiary/aromatic N) is 3. The molecule has 0 spiro atoms. The van der Waals surface area contributed by atoms with Crippen molar-refractivity contribution in [1.82, 2.24) is 14.7 Å². The zero-order chi connectivity index (χ0) is 25.1. The number of aromatic nitrogens is 2. The monoisotopic (exact) mass is 464 g/mol. The van der Waals surface area contributed by atoms with Crippen LogP contribution in [-0.4, -0.2) is 33.0 Å². The number of hydrogen-bond acceptors (Lipinski definition) is 4. The van der Waals surface area contributed by atoms with Crippen molar-refractivity contribution in [2.45, 2.75) is 66.8 Å². The van der Waals surface area contributed by atoms with Crippen molar-refractivity contribution in [2.24, 2.45) is 5.41 Å². The van der Waals surface area contributed by atoms with E-state index in [0.717, 1.165) is 16.9 Å². The summed E-state index contributed by atoms with van der Waals surface area (Å²) in [6.45, 7) is 14.4. The molecule has 0 unspecified atom stereocenters. The van der Waals surface area contributed by atoms with Gasteiger partial charge in [-0.05, 0) is 36.1 Å². The first-order valence-corrected chi connectivity index (χ1v) is 11.6. The number of para-hydroxylation sites is 1. The van der Waals surface area contributed by atoms with Crippen molar-refractivity contribution < 1.29 is 14.0 Å². The molecule has 3 rings (SSSR count). The Balaban J connectivity index is 1.87. The fourth-order valence-corrected chi connectivity index (χ4v) is 3.57. The molecule has 2 heterocycles. The number of carbonyl (C=O) groups is 2. The second kappa shape index (κ2) is 9.87. The maximum atomic E-state index is 13.2. The minimum Gasteiger partial charge on any atom is -0.467 e. The van der Waals surface area contributed by atoms with Gasteiger partial charge in [-0.15, -0.1) is 0 Å². The predicted octanol–water partition coefficient (Wildman–Crippen LogP) is 5.47. The number of rotatable bonds is 7. The van der Waals surface area contributed by atoms with Gasteiger partial charge < -0.3 is 14.6 Å². The molecule has 2 amide bonds. The zero-order valence-corrected chi connectivity index (χ0v) is 21.3. The fraction of sp³-hybridized carbons (Fsp3) is 0.444. The first-order valence-electron chi connectivity index (χ1n) is 11.6. The van der Waals surface area contributed by atoms with Crippen LogP contribution in [0, 0.1) is 12.3 Å². The molecule has 0 fully saturated rings. The number of benzene rings is 1. The van der Waals surface area contributed by atoms with E-state index < -0.39 is 0 Å². The summed E-state index contributed by atoms with van der Waals surface area (Å²) < 4.78 is 7.20. The Hall–Kier alpha value is -3.35. The minimum atomic E-state index is -0.288. The van der Waals surface area contributed by atoms with Gasteiger partial charge in [0.25, 0.3) is 0 Å². The average Bonchev–Trinajstić information content (AvgIpc) is 3.36. The Morgan fingerprint density at radius 2 is 1.76 bits per heavy atom. The SMILES string of the molecule is Cc1ccccc1-n1nc(C(C)(C)C)cc1NC(=O)CN(Cc1ccco1)C(=O)CC(C)(C)C. The van der Waals surface area contributed by atoms with Crippen LogP contribution in [0.4, 0.5) is 5.82 Å². The van der Waals surface area contributed by atoms with Gasteiger partial charge in [0.15, 0.2) is 0 Å². The quantitative estimate of drug-likeness (QED) is 0.502. The lowest BCUT2D eigenvalue weighted by molar-refractivity contribution is -0.137. The molecule has 1 aromatic carbocycles. The predicted molar refractivity (Wildman–Crippen MR) is 134 cm³/mol. The summed E-state index contributed by atoms with van der Waals surface area (Å²) in [5.41, 5.74) is 2.41. The Labute approximate surface area is 202 Å². The highest BCUT2D eigenvalue weighted by molar-refractivity contribution is 5.94. The molecule has 0 saturated carbocycles. The van der Waals surface area contributed by atoms with Crippen molar-refractivity contribution in [3.63, 3.8) is 0 Å². The van der Waals surface area contributed by atoms with Crippen molar-refractivity contribution in [2.75, 3.05) is 11.9 Å². The van der Waals surface area contributed by atoms with Crippen LogP contribution in [0.15, 0.2) is 53.1 Å². The molecule has 0 atom stereocenters. The van der Waals surface area contributed by atoms with Gasteiger partial charge in [0.2, 0.25) is 11.8 Å². The third-order valence-corrected chi connectivity index (χ3v) is 5.38. The van der Waals surface area contributed by atoms with E-state index in [1.165, 1.54) is 0 Å². The average molecular weight is 465 g/mol. The molecule has 0 aliphatic rings. The highest BCUT2D eigenvalue weighted by Gasteiger charge is 2.26. The number of anilines is 1. The number of nitrogens with one attached hydrogen (secondary N) is 1. The Morgan fingerprint density at radius 1 is 1.06 bits per heavy atom. The summed E-state index contributed by atoms with van der Waals surface area (Å²) in [6.07, 6.45) is 1.90. The highest BCUT2D eigenvalue weighted by atomic mass is 16.3. The van der Waals surface area contributed by atoms with Crippen LogP contribution in [0.25, 0.3) is 5.69 Å². The van der Waals surface area contributed by atoms with E-state index in [9.17, 15) is 9.59 Å². The molecule has 0 aliphatic heterocycles. The fourth-order valence-electron chi connectivity index (χ4n) is 3.57. The van der Waals surface area contributed by atoms with E-state index in [0.29, 0.717) is 18.0 Å². The molecule has 182 valence electrons. The zero-order valence-electron chi connectivity index (χ0n) is 21.3. The third kappa shape index (κ3) is 6.59. The molecule has 1 N–H and O–H groups in total. The van der Waals surface area contributed by atoms with Crippen LogP contribution in [0.3, 0.4) is 0 Å². The number of amides is 2. The van der Waals surface area contributed by atoms with E-state index in [4.69, 9.17) is 9.52 Å². The molecule has 0 aliphatic carbocycles. The molecular formula is C27H36N4O3. The summed E-state index contributed by atoms with van der Waals surface area (Å²) in [7, 11) is 0. The van der Waals surface area contributed by atoms with Gasteiger partial charge in [-0.1, -0.05) is 59.7 Å². The van der Waals surface area contributed by atoms with Crippen LogP contribution in [0.1, 0.15) is 65.0 Å². The van der Waals surface area contributed by atoms with Crippen molar-refractivity contribution in [3.8, 4) is 5.69 Å². The molecular weight excluding hydrogens is 428 g/mol. The first kappa shape index (κ1) is 25.3. The lowest BCUT2D eigenvalue weighted by Crippen LogP contribution is -2.39. The van der Waals surface area contributed by atoms with E-state index in [1.54, 1.807) is 28.0 Å². The minimum absolute atomic E-state index is 0.0839. The van der Waals surface area contributed by atoms with Crippen molar-refractivity contribution in [1.29, 1.82) is 0 Å². The van der Waals surface area contributed by atoms with Crippen molar-refractivity contribution in [3.05, 3.63) is 65.7 Å². The summed E-state index contributed by atoms with van der Waals surface area (Å²) >= 11 is 0. The lowest BCUT2D eigenvalue weighted by Gasteiger charge is -2.25. The number of aryl methyl sites for hydroxylation is 1. The van der Waals surface area contributed by atoms with E-state index in [1.807, 2.05) is 58.0 Å². The number of carbonyl (C=O) groups excluding carboxylic acids is 2. The molecule has 3 aromatic rings. The van der Waals surface area contributed by atoms with Gasteiger partial charge in [0, 0.05) is 17.9 Å². The van der Waals surface area contributed by atoms with Crippen LogP contribution in [0.2, 0.25) is 0 Å².